The maximum Gasteiger partial charge on any atom is 0.339 e. The van der Waals surface area contributed by atoms with Gasteiger partial charge in [0.1, 0.15) is 11.2 Å². The number of rotatable bonds is 3. The van der Waals surface area contributed by atoms with Crippen LogP contribution in [0.4, 0.5) is 0 Å². The van der Waals surface area contributed by atoms with Gasteiger partial charge in [-0.3, -0.25) is 0 Å². The smallest absolute Gasteiger partial charge is 0.339 e. The summed E-state index contributed by atoms with van der Waals surface area (Å²) in [5.41, 5.74) is 0.171. The molecule has 0 heterocycles. The highest BCUT2D eigenvalue weighted by Gasteiger charge is 2.24. The molecule has 0 aromatic heterocycles. The van der Waals surface area contributed by atoms with Gasteiger partial charge in [0.15, 0.2) is 0 Å². The van der Waals surface area contributed by atoms with Crippen molar-refractivity contribution in [2.75, 3.05) is 0 Å². The average Bonchev–Trinajstić information content (AvgIpc) is 2.36. The normalized spacial score (nSPS) is 12.3. The molecule has 5 heteroatoms. The van der Waals surface area contributed by atoms with Crippen LogP contribution in [0.3, 0.4) is 0 Å². The number of hydrogen-bond acceptors (Lipinski definition) is 4. The Bertz CT molecular complexity index is 661. The van der Waals surface area contributed by atoms with Crippen molar-refractivity contribution in [3.63, 3.8) is 0 Å². The topological polar surface area (TPSA) is 52.6 Å². The van der Waals surface area contributed by atoms with Gasteiger partial charge in [-0.05, 0) is 82.1 Å². The van der Waals surface area contributed by atoms with E-state index in [1.165, 1.54) is 0 Å². The highest BCUT2D eigenvalue weighted by atomic mass is 79.9. The summed E-state index contributed by atoms with van der Waals surface area (Å²) in [6.45, 7) is 12.7. The number of ether oxygens (including phenoxy) is 2. The van der Waals surface area contributed by atoms with Crippen LogP contribution in [0.5, 0.6) is 0 Å². The van der Waals surface area contributed by atoms with Crippen LogP contribution < -0.4 is 0 Å². The largest absolute Gasteiger partial charge is 0.456 e. The summed E-state index contributed by atoms with van der Waals surface area (Å²) in [5, 5.41) is 0. The van der Waals surface area contributed by atoms with Crippen molar-refractivity contribution < 1.29 is 19.1 Å². The molecule has 4 nitrogen and oxygen atoms in total. The Morgan fingerprint density at radius 3 is 1.79 bits per heavy atom. The molecule has 0 spiro atoms. The first kappa shape index (κ1) is 20.4. The lowest BCUT2D eigenvalue weighted by molar-refractivity contribution is 0.00507. The second-order valence-corrected chi connectivity index (χ2v) is 8.28. The van der Waals surface area contributed by atoms with E-state index in [1.807, 2.05) is 27.7 Å². The summed E-state index contributed by atoms with van der Waals surface area (Å²) in [6.07, 6.45) is 3.57. The van der Waals surface area contributed by atoms with Crippen molar-refractivity contribution in [1.29, 1.82) is 0 Å². The van der Waals surface area contributed by atoms with Crippen LogP contribution in [-0.4, -0.2) is 23.1 Å². The molecule has 0 bridgehead atoms. The van der Waals surface area contributed by atoms with Crippen LogP contribution in [-0.2, 0) is 9.47 Å². The molecule has 0 fully saturated rings. The van der Waals surface area contributed by atoms with Gasteiger partial charge in [-0.2, -0.15) is 0 Å². The van der Waals surface area contributed by atoms with E-state index >= 15 is 0 Å². The minimum atomic E-state index is -0.597. The number of halogens is 1. The maximum atomic E-state index is 12.4. The fraction of sp³-hybridized carbons (Fsp3) is 0.474. The molecule has 0 radical (unpaired) electrons. The molecule has 1 aromatic rings. The van der Waals surface area contributed by atoms with Gasteiger partial charge in [0, 0.05) is 4.47 Å². The summed E-state index contributed by atoms with van der Waals surface area (Å²) < 4.78 is 11.3. The minimum Gasteiger partial charge on any atom is -0.456 e. The number of allylic oxidation sites excluding steroid dienone is 1. The Kier molecular flexibility index (Phi) is 6.39. The van der Waals surface area contributed by atoms with E-state index < -0.39 is 23.1 Å². The van der Waals surface area contributed by atoms with Gasteiger partial charge in [-0.15, -0.1) is 0 Å². The molecular formula is C19H25BrO4. The van der Waals surface area contributed by atoms with Gasteiger partial charge in [0.05, 0.1) is 11.1 Å². The molecule has 24 heavy (non-hydrogen) atoms. The van der Waals surface area contributed by atoms with E-state index in [-0.39, 0.29) is 0 Å². The summed E-state index contributed by atoms with van der Waals surface area (Å²) >= 11 is 3.36. The van der Waals surface area contributed by atoms with E-state index in [2.05, 4.69) is 15.9 Å². The summed E-state index contributed by atoms with van der Waals surface area (Å²) in [5.74, 6) is -0.886. The van der Waals surface area contributed by atoms with Crippen molar-refractivity contribution in [3.8, 4) is 0 Å². The van der Waals surface area contributed by atoms with Crippen LogP contribution in [0.25, 0.3) is 6.08 Å². The van der Waals surface area contributed by atoms with Gasteiger partial charge in [-0.25, -0.2) is 9.59 Å². The third-order valence-corrected chi connectivity index (χ3v) is 3.38. The molecule has 0 aliphatic heterocycles. The third kappa shape index (κ3) is 6.11. The van der Waals surface area contributed by atoms with Gasteiger partial charge in [-0.1, -0.05) is 12.2 Å². The number of esters is 2. The van der Waals surface area contributed by atoms with Gasteiger partial charge < -0.3 is 9.47 Å². The fourth-order valence-electron chi connectivity index (χ4n) is 1.91. The molecule has 0 aliphatic carbocycles. The van der Waals surface area contributed by atoms with E-state index in [0.29, 0.717) is 21.2 Å². The van der Waals surface area contributed by atoms with Crippen LogP contribution in [0.1, 0.15) is 74.7 Å². The lowest BCUT2D eigenvalue weighted by Crippen LogP contribution is -2.25. The highest BCUT2D eigenvalue weighted by molar-refractivity contribution is 9.10. The molecule has 0 aliphatic rings. The van der Waals surface area contributed by atoms with Gasteiger partial charge in [0.25, 0.3) is 0 Å². The lowest BCUT2D eigenvalue weighted by Gasteiger charge is -2.22. The molecule has 1 aromatic carbocycles. The number of hydrogen-bond donors (Lipinski definition) is 0. The Morgan fingerprint density at radius 1 is 0.917 bits per heavy atom. The SMILES string of the molecule is CC=Cc1cc(C(=O)OC(C)(C)C)c(Br)cc1C(=O)OC(C)(C)C. The fourth-order valence-corrected chi connectivity index (χ4v) is 2.41. The van der Waals surface area contributed by atoms with Crippen molar-refractivity contribution in [3.05, 3.63) is 39.4 Å². The van der Waals surface area contributed by atoms with E-state index in [1.54, 1.807) is 45.1 Å². The Hall–Kier alpha value is -1.62. The van der Waals surface area contributed by atoms with E-state index in [4.69, 9.17) is 9.47 Å². The van der Waals surface area contributed by atoms with Crippen LogP contribution in [0, 0.1) is 0 Å². The highest BCUT2D eigenvalue weighted by Crippen LogP contribution is 2.27. The second kappa shape index (κ2) is 7.51. The zero-order valence-corrected chi connectivity index (χ0v) is 16.9. The molecule has 0 amide bonds. The standard InChI is InChI=1S/C19H25BrO4/c1-8-9-12-10-14(17(22)24-19(5,6)7)15(20)11-13(12)16(21)23-18(2,3)4/h8-11H,1-7H3. The van der Waals surface area contributed by atoms with Crippen LogP contribution in [0.2, 0.25) is 0 Å². The van der Waals surface area contributed by atoms with Crippen molar-refractivity contribution in [2.45, 2.75) is 59.7 Å². The predicted octanol–water partition coefficient (Wildman–Crippen LogP) is 5.39. The summed E-state index contributed by atoms with van der Waals surface area (Å²) in [7, 11) is 0. The van der Waals surface area contributed by atoms with Crippen molar-refractivity contribution in [2.24, 2.45) is 0 Å². The molecule has 0 saturated heterocycles. The Labute approximate surface area is 152 Å². The summed E-state index contributed by atoms with van der Waals surface area (Å²) in [6, 6.07) is 3.24. The zero-order chi connectivity index (χ0) is 18.7. The predicted molar refractivity (Wildman–Crippen MR) is 99.2 cm³/mol. The third-order valence-electron chi connectivity index (χ3n) is 2.72. The van der Waals surface area contributed by atoms with Crippen molar-refractivity contribution >= 4 is 33.9 Å². The molecule has 0 saturated carbocycles. The van der Waals surface area contributed by atoms with E-state index in [9.17, 15) is 9.59 Å². The molecular weight excluding hydrogens is 372 g/mol. The molecule has 0 unspecified atom stereocenters. The first-order valence-corrected chi connectivity index (χ1v) is 8.56. The van der Waals surface area contributed by atoms with Crippen molar-refractivity contribution in [1.82, 2.24) is 0 Å². The number of carbonyl (C=O) groups excluding carboxylic acids is 2. The number of benzene rings is 1. The minimum absolute atomic E-state index is 0.366. The summed E-state index contributed by atoms with van der Waals surface area (Å²) in [4.78, 5) is 24.8. The zero-order valence-electron chi connectivity index (χ0n) is 15.3. The molecule has 1 rings (SSSR count). The Morgan fingerprint density at radius 2 is 1.38 bits per heavy atom. The van der Waals surface area contributed by atoms with Gasteiger partial charge in [0.2, 0.25) is 0 Å². The van der Waals surface area contributed by atoms with E-state index in [0.717, 1.165) is 0 Å². The lowest BCUT2D eigenvalue weighted by atomic mass is 10.0. The monoisotopic (exact) mass is 396 g/mol. The maximum absolute atomic E-state index is 12.4. The Balaban J connectivity index is 3.33. The average molecular weight is 397 g/mol. The van der Waals surface area contributed by atoms with Crippen LogP contribution in [0.15, 0.2) is 22.7 Å². The second-order valence-electron chi connectivity index (χ2n) is 7.42. The molecule has 132 valence electrons. The molecule has 0 N–H and O–H groups in total. The first-order valence-electron chi connectivity index (χ1n) is 7.77. The first-order chi connectivity index (χ1) is 10.8. The number of carbonyl (C=O) groups is 2. The molecule has 0 atom stereocenters. The quantitative estimate of drug-likeness (QED) is 0.642. The van der Waals surface area contributed by atoms with Gasteiger partial charge >= 0.3 is 11.9 Å². The van der Waals surface area contributed by atoms with Crippen LogP contribution >= 0.6 is 15.9 Å².